The number of methoxy groups -OCH3 is 1. The Morgan fingerprint density at radius 1 is 1.24 bits per heavy atom. The van der Waals surface area contributed by atoms with Gasteiger partial charge in [-0.25, -0.2) is 4.79 Å². The van der Waals surface area contributed by atoms with Crippen molar-refractivity contribution in [2.45, 2.75) is 11.8 Å². The molecular weight excluding hydrogens is 361 g/mol. The Morgan fingerprint density at radius 3 is 2.56 bits per heavy atom. The van der Waals surface area contributed by atoms with Crippen LogP contribution in [0.1, 0.15) is 11.1 Å². The van der Waals surface area contributed by atoms with Gasteiger partial charge >= 0.3 is 12.1 Å². The van der Waals surface area contributed by atoms with Crippen LogP contribution in [0.15, 0.2) is 36.4 Å². The molecule has 2 aromatic carbocycles. The van der Waals surface area contributed by atoms with Crippen molar-refractivity contribution in [3.63, 3.8) is 0 Å². The van der Waals surface area contributed by atoms with Crippen molar-refractivity contribution in [1.82, 2.24) is 0 Å². The molecular formula is C17H12ClF3O4. The molecule has 1 aliphatic carbocycles. The molecule has 1 aliphatic rings. The Hall–Kier alpha value is -2.25. The summed E-state index contributed by atoms with van der Waals surface area (Å²) < 4.78 is 50.7. The molecule has 4 nitrogen and oxygen atoms in total. The highest BCUT2D eigenvalue weighted by molar-refractivity contribution is 6.34. The van der Waals surface area contributed by atoms with Gasteiger partial charge in [-0.1, -0.05) is 35.9 Å². The highest BCUT2D eigenvalue weighted by Crippen LogP contribution is 2.57. The standard InChI is InChI=1S/C17H12ClF3O4/c1-24-14(22)8-25-9-6-12-15(13(18)7-9)10-4-2-3-5-11(10)16(12,23)17(19,20)21/h2-7,23H,8H2,1H3. The van der Waals surface area contributed by atoms with Crippen LogP contribution in [0.3, 0.4) is 0 Å². The minimum absolute atomic E-state index is 0.0232. The first-order valence-electron chi connectivity index (χ1n) is 7.12. The highest BCUT2D eigenvalue weighted by atomic mass is 35.5. The molecule has 0 bridgehead atoms. The maximum absolute atomic E-state index is 13.7. The van der Waals surface area contributed by atoms with E-state index in [0.717, 1.165) is 13.2 Å². The largest absolute Gasteiger partial charge is 0.482 e. The molecule has 1 atom stereocenters. The summed E-state index contributed by atoms with van der Waals surface area (Å²) in [6.07, 6.45) is -4.97. The topological polar surface area (TPSA) is 55.8 Å². The average molecular weight is 373 g/mol. The summed E-state index contributed by atoms with van der Waals surface area (Å²) in [5.41, 5.74) is -3.67. The average Bonchev–Trinajstić information content (AvgIpc) is 2.83. The molecule has 25 heavy (non-hydrogen) atoms. The lowest BCUT2D eigenvalue weighted by Gasteiger charge is -2.28. The van der Waals surface area contributed by atoms with Crippen molar-refractivity contribution in [3.8, 4) is 16.9 Å². The van der Waals surface area contributed by atoms with E-state index in [9.17, 15) is 23.1 Å². The molecule has 8 heteroatoms. The summed E-state index contributed by atoms with van der Waals surface area (Å²) in [6.45, 7) is -0.497. The Balaban J connectivity index is 2.18. The second-order valence-corrected chi connectivity index (χ2v) is 5.85. The summed E-state index contributed by atoms with van der Waals surface area (Å²) in [4.78, 5) is 11.2. The molecule has 0 aliphatic heterocycles. The smallest absolute Gasteiger partial charge is 0.425 e. The van der Waals surface area contributed by atoms with E-state index in [1.165, 1.54) is 24.3 Å². The highest BCUT2D eigenvalue weighted by Gasteiger charge is 2.61. The SMILES string of the molecule is COC(=O)COc1cc(Cl)c2c(c1)C(O)(C(F)(F)F)c1ccccc1-2. The fraction of sp³-hybridized carbons (Fsp3) is 0.235. The summed E-state index contributed by atoms with van der Waals surface area (Å²) in [5, 5.41) is 10.6. The molecule has 0 aromatic heterocycles. The third-order valence-corrected chi connectivity index (χ3v) is 4.33. The molecule has 0 saturated heterocycles. The Kier molecular flexibility index (Phi) is 4.17. The Labute approximate surface area is 145 Å². The molecule has 132 valence electrons. The number of hydrogen-bond donors (Lipinski definition) is 1. The van der Waals surface area contributed by atoms with Crippen molar-refractivity contribution in [3.05, 3.63) is 52.5 Å². The van der Waals surface area contributed by atoms with E-state index in [4.69, 9.17) is 16.3 Å². The fourth-order valence-electron chi connectivity index (χ4n) is 2.89. The third-order valence-electron chi connectivity index (χ3n) is 4.03. The van der Waals surface area contributed by atoms with Gasteiger partial charge in [-0.05, 0) is 17.7 Å². The number of rotatable bonds is 3. The number of esters is 1. The third kappa shape index (κ3) is 2.63. The number of carbonyl (C=O) groups is 1. The number of benzene rings is 2. The van der Waals surface area contributed by atoms with Gasteiger partial charge in [0.25, 0.3) is 0 Å². The van der Waals surface area contributed by atoms with E-state index in [1.807, 2.05) is 0 Å². The first-order chi connectivity index (χ1) is 11.7. The molecule has 1 unspecified atom stereocenters. The zero-order chi connectivity index (χ0) is 18.4. The van der Waals surface area contributed by atoms with Crippen LogP contribution in [0.4, 0.5) is 13.2 Å². The van der Waals surface area contributed by atoms with Gasteiger partial charge < -0.3 is 14.6 Å². The van der Waals surface area contributed by atoms with Crippen molar-refractivity contribution in [2.24, 2.45) is 0 Å². The van der Waals surface area contributed by atoms with Crippen LogP contribution in [-0.2, 0) is 15.1 Å². The summed E-state index contributed by atoms with van der Waals surface area (Å²) in [7, 11) is 1.15. The molecule has 1 N–H and O–H groups in total. The zero-order valence-corrected chi connectivity index (χ0v) is 13.6. The molecule has 3 rings (SSSR count). The summed E-state index contributed by atoms with van der Waals surface area (Å²) in [6, 6.07) is 7.96. The number of fused-ring (bicyclic) bond motifs is 3. The van der Waals surface area contributed by atoms with Crippen molar-refractivity contribution in [2.75, 3.05) is 13.7 Å². The van der Waals surface area contributed by atoms with Crippen molar-refractivity contribution >= 4 is 17.6 Å². The van der Waals surface area contributed by atoms with E-state index < -0.39 is 29.9 Å². The van der Waals surface area contributed by atoms with E-state index >= 15 is 0 Å². The van der Waals surface area contributed by atoms with Crippen LogP contribution in [0.5, 0.6) is 5.75 Å². The second-order valence-electron chi connectivity index (χ2n) is 5.45. The van der Waals surface area contributed by atoms with E-state index in [-0.39, 0.29) is 27.5 Å². The Bertz CT molecular complexity index is 850. The maximum Gasteiger partial charge on any atom is 0.425 e. The van der Waals surface area contributed by atoms with E-state index in [1.54, 1.807) is 6.07 Å². The van der Waals surface area contributed by atoms with Gasteiger partial charge in [0.15, 0.2) is 6.61 Å². The molecule has 0 spiro atoms. The van der Waals surface area contributed by atoms with Crippen LogP contribution in [0.25, 0.3) is 11.1 Å². The number of alkyl halides is 3. The lowest BCUT2D eigenvalue weighted by Crippen LogP contribution is -2.41. The van der Waals surface area contributed by atoms with Gasteiger partial charge in [0, 0.05) is 16.7 Å². The first kappa shape index (κ1) is 17.6. The van der Waals surface area contributed by atoms with E-state index in [2.05, 4.69) is 4.74 Å². The second kappa shape index (κ2) is 5.93. The summed E-state index contributed by atoms with van der Waals surface area (Å²) in [5.74, 6) is -0.782. The molecule has 0 fully saturated rings. The van der Waals surface area contributed by atoms with Crippen LogP contribution in [0, 0.1) is 0 Å². The van der Waals surface area contributed by atoms with Crippen molar-refractivity contribution < 1.29 is 32.5 Å². The van der Waals surface area contributed by atoms with E-state index in [0.29, 0.717) is 0 Å². The minimum Gasteiger partial charge on any atom is -0.482 e. The maximum atomic E-state index is 13.7. The van der Waals surface area contributed by atoms with Gasteiger partial charge in [0.2, 0.25) is 5.60 Å². The van der Waals surface area contributed by atoms with Gasteiger partial charge in [-0.3, -0.25) is 0 Å². The molecule has 2 aromatic rings. The minimum atomic E-state index is -4.97. The predicted molar refractivity (Wildman–Crippen MR) is 83.5 cm³/mol. The van der Waals surface area contributed by atoms with Gasteiger partial charge in [-0.2, -0.15) is 13.2 Å². The molecule has 0 heterocycles. The van der Waals surface area contributed by atoms with Crippen LogP contribution in [0.2, 0.25) is 5.02 Å². The fourth-order valence-corrected chi connectivity index (χ4v) is 3.20. The monoisotopic (exact) mass is 372 g/mol. The number of aliphatic hydroxyl groups is 1. The Morgan fingerprint density at radius 2 is 1.92 bits per heavy atom. The number of hydrogen-bond acceptors (Lipinski definition) is 4. The van der Waals surface area contributed by atoms with Crippen LogP contribution < -0.4 is 4.74 Å². The van der Waals surface area contributed by atoms with Gasteiger partial charge in [-0.15, -0.1) is 0 Å². The van der Waals surface area contributed by atoms with Crippen LogP contribution >= 0.6 is 11.6 Å². The first-order valence-corrected chi connectivity index (χ1v) is 7.50. The number of carbonyl (C=O) groups excluding carboxylic acids is 1. The zero-order valence-electron chi connectivity index (χ0n) is 12.9. The van der Waals surface area contributed by atoms with Gasteiger partial charge in [0.05, 0.1) is 12.1 Å². The lowest BCUT2D eigenvalue weighted by atomic mass is 9.90. The van der Waals surface area contributed by atoms with Crippen LogP contribution in [-0.4, -0.2) is 31.0 Å². The number of halogens is 4. The molecule has 0 amide bonds. The van der Waals surface area contributed by atoms with Crippen molar-refractivity contribution in [1.29, 1.82) is 0 Å². The van der Waals surface area contributed by atoms with Gasteiger partial charge in [0.1, 0.15) is 5.75 Å². The molecule has 0 radical (unpaired) electrons. The number of ether oxygens (including phenoxy) is 2. The quantitative estimate of drug-likeness (QED) is 0.835. The molecule has 0 saturated carbocycles. The lowest BCUT2D eigenvalue weighted by molar-refractivity contribution is -0.246. The predicted octanol–water partition coefficient (Wildman–Crippen LogP) is 3.67. The normalized spacial score (nSPS) is 18.5. The summed E-state index contributed by atoms with van der Waals surface area (Å²) >= 11 is 6.15.